The van der Waals surface area contributed by atoms with Crippen LogP contribution in [0.2, 0.25) is 5.02 Å². The second-order valence-corrected chi connectivity index (χ2v) is 10.7. The Labute approximate surface area is 178 Å². The van der Waals surface area contributed by atoms with Crippen molar-refractivity contribution in [1.82, 2.24) is 4.90 Å². The van der Waals surface area contributed by atoms with Gasteiger partial charge in [-0.1, -0.05) is 59.8 Å². The maximum Gasteiger partial charge on any atom is 0.285 e. The number of aliphatic imine (C=N–C) groups is 1. The molecule has 2 aromatic carbocycles. The highest BCUT2D eigenvalue weighted by Gasteiger charge is 2.48. The Balaban J connectivity index is 1.53. The smallest absolute Gasteiger partial charge is 0.285 e. The Hall–Kier alpha value is -2.03. The molecule has 152 valence electrons. The zero-order chi connectivity index (χ0) is 20.4. The molecule has 2 aliphatic heterocycles. The highest BCUT2D eigenvalue weighted by Crippen LogP contribution is 2.39. The number of ether oxygens (including phenoxy) is 1. The van der Waals surface area contributed by atoms with Crippen LogP contribution in [0.4, 0.5) is 0 Å². The fourth-order valence-electron chi connectivity index (χ4n) is 3.43. The molecule has 2 aromatic rings. The number of carbonyl (C=O) groups excluding carboxylic acids is 1. The van der Waals surface area contributed by atoms with Crippen LogP contribution < -0.4 is 4.74 Å². The molecule has 29 heavy (non-hydrogen) atoms. The predicted molar refractivity (Wildman–Crippen MR) is 115 cm³/mol. The average molecular weight is 451 g/mol. The third kappa shape index (κ3) is 4.76. The third-order valence-corrected chi connectivity index (χ3v) is 8.42. The van der Waals surface area contributed by atoms with Gasteiger partial charge in [0.1, 0.15) is 5.75 Å². The van der Waals surface area contributed by atoms with E-state index in [1.807, 2.05) is 41.3 Å². The zero-order valence-electron chi connectivity index (χ0n) is 15.4. The molecule has 0 unspecified atom stereocenters. The number of amides is 1. The Morgan fingerprint density at radius 1 is 1.14 bits per heavy atom. The van der Waals surface area contributed by atoms with E-state index in [0.29, 0.717) is 22.5 Å². The molecule has 0 spiro atoms. The number of hydrogen-bond acceptors (Lipinski definition) is 5. The number of thioether (sulfide) groups is 1. The van der Waals surface area contributed by atoms with E-state index in [1.54, 1.807) is 18.2 Å². The number of benzene rings is 2. The Morgan fingerprint density at radius 2 is 1.86 bits per heavy atom. The topological polar surface area (TPSA) is 76.0 Å². The van der Waals surface area contributed by atoms with Gasteiger partial charge in [-0.15, -0.1) is 0 Å². The lowest BCUT2D eigenvalue weighted by Gasteiger charge is -2.25. The number of amidine groups is 1. The molecular weight excluding hydrogens is 432 g/mol. The molecule has 1 amide bonds. The predicted octanol–water partition coefficient (Wildman–Crippen LogP) is 3.02. The van der Waals surface area contributed by atoms with Gasteiger partial charge in [-0.3, -0.25) is 4.79 Å². The number of fused-ring (bicyclic) bond motifs is 1. The number of para-hydroxylation sites is 1. The zero-order valence-corrected chi connectivity index (χ0v) is 17.8. The summed E-state index contributed by atoms with van der Waals surface area (Å²) in [5.41, 5.74) is 0.861. The summed E-state index contributed by atoms with van der Waals surface area (Å²) in [6, 6.07) is 16.2. The molecule has 9 heteroatoms. The van der Waals surface area contributed by atoms with Crippen LogP contribution >= 0.6 is 23.4 Å². The quantitative estimate of drug-likeness (QED) is 0.697. The van der Waals surface area contributed by atoms with E-state index in [-0.39, 0.29) is 29.4 Å². The molecule has 2 atom stereocenters. The van der Waals surface area contributed by atoms with Crippen LogP contribution in [0.1, 0.15) is 5.56 Å². The van der Waals surface area contributed by atoms with Gasteiger partial charge >= 0.3 is 0 Å². The number of hydrogen-bond donors (Lipinski definition) is 0. The van der Waals surface area contributed by atoms with E-state index in [0.717, 1.165) is 5.56 Å². The van der Waals surface area contributed by atoms with Crippen LogP contribution in [0.25, 0.3) is 0 Å². The second-order valence-electron chi connectivity index (χ2n) is 6.91. The number of sulfone groups is 1. The second kappa shape index (κ2) is 8.38. The normalized spacial score (nSPS) is 23.9. The van der Waals surface area contributed by atoms with Gasteiger partial charge in [-0.05, 0) is 23.8 Å². The Kier molecular flexibility index (Phi) is 5.85. The fraction of sp³-hybridized carbons (Fsp3) is 0.300. The van der Waals surface area contributed by atoms with Crippen LogP contribution in [0.3, 0.4) is 0 Å². The number of halogens is 1. The molecule has 2 saturated heterocycles. The van der Waals surface area contributed by atoms with Crippen LogP contribution in [0.5, 0.6) is 5.75 Å². The van der Waals surface area contributed by atoms with Crippen molar-refractivity contribution in [2.45, 2.75) is 17.8 Å². The molecule has 0 saturated carbocycles. The largest absolute Gasteiger partial charge is 0.484 e. The third-order valence-electron chi connectivity index (χ3n) is 4.80. The minimum atomic E-state index is -3.10. The van der Waals surface area contributed by atoms with E-state index in [9.17, 15) is 13.2 Å². The van der Waals surface area contributed by atoms with Crippen molar-refractivity contribution in [3.63, 3.8) is 0 Å². The van der Waals surface area contributed by atoms with Gasteiger partial charge in [-0.25, -0.2) is 8.42 Å². The molecule has 4 rings (SSSR count). The maximum absolute atomic E-state index is 12.4. The van der Waals surface area contributed by atoms with Gasteiger partial charge < -0.3 is 9.64 Å². The number of nitrogens with zero attached hydrogens (tertiary/aromatic N) is 2. The lowest BCUT2D eigenvalue weighted by atomic mass is 10.1. The summed E-state index contributed by atoms with van der Waals surface area (Å²) in [6.07, 6.45) is 0. The van der Waals surface area contributed by atoms with Gasteiger partial charge in [0.25, 0.3) is 5.91 Å². The standard InChI is InChI=1S/C20H19ClN2O4S2/c21-16-9-5-4-6-14(16)10-23-17-12-29(25,26)13-18(17)28-20(23)22-19(24)11-27-15-7-2-1-3-8-15/h1-9,17-18H,10-13H2/t17-,18+/m1/s1. The number of rotatable bonds is 5. The summed E-state index contributed by atoms with van der Waals surface area (Å²) >= 11 is 7.64. The minimum absolute atomic E-state index is 0.0584. The molecule has 6 nitrogen and oxygen atoms in total. The summed E-state index contributed by atoms with van der Waals surface area (Å²) in [4.78, 5) is 18.5. The molecule has 0 N–H and O–H groups in total. The van der Waals surface area contributed by atoms with Crippen molar-refractivity contribution >= 4 is 44.3 Å². The first kappa shape index (κ1) is 20.3. The summed E-state index contributed by atoms with van der Waals surface area (Å²) in [5, 5.41) is 0.987. The van der Waals surface area contributed by atoms with Crippen molar-refractivity contribution < 1.29 is 17.9 Å². The molecule has 0 bridgehead atoms. The van der Waals surface area contributed by atoms with Crippen LogP contribution in [0.15, 0.2) is 59.6 Å². The minimum Gasteiger partial charge on any atom is -0.484 e. The van der Waals surface area contributed by atoms with Crippen molar-refractivity contribution in [3.8, 4) is 5.75 Å². The van der Waals surface area contributed by atoms with Gasteiger partial charge in [0.15, 0.2) is 21.6 Å². The first-order valence-electron chi connectivity index (χ1n) is 9.08. The van der Waals surface area contributed by atoms with E-state index < -0.39 is 15.7 Å². The number of carbonyl (C=O) groups is 1. The summed E-state index contributed by atoms with van der Waals surface area (Å²) in [6.45, 7) is 0.219. The van der Waals surface area contributed by atoms with Gasteiger partial charge in [-0.2, -0.15) is 4.99 Å². The molecular formula is C20H19ClN2O4S2. The first-order valence-corrected chi connectivity index (χ1v) is 12.2. The van der Waals surface area contributed by atoms with Gasteiger partial charge in [0, 0.05) is 16.8 Å². The van der Waals surface area contributed by atoms with Crippen molar-refractivity contribution in [3.05, 3.63) is 65.2 Å². The lowest BCUT2D eigenvalue weighted by molar-refractivity contribution is -0.119. The van der Waals surface area contributed by atoms with E-state index in [2.05, 4.69) is 4.99 Å². The Bertz CT molecular complexity index is 1040. The lowest BCUT2D eigenvalue weighted by Crippen LogP contribution is -2.37. The van der Waals surface area contributed by atoms with Crippen LogP contribution in [-0.2, 0) is 21.2 Å². The SMILES string of the molecule is O=C(COc1ccccc1)N=C1S[C@H]2CS(=O)(=O)C[C@H]2N1Cc1ccccc1Cl. The summed E-state index contributed by atoms with van der Waals surface area (Å²) < 4.78 is 29.7. The van der Waals surface area contributed by atoms with Gasteiger partial charge in [0.05, 0.1) is 17.5 Å². The van der Waals surface area contributed by atoms with Crippen molar-refractivity contribution in [1.29, 1.82) is 0 Å². The van der Waals surface area contributed by atoms with Gasteiger partial charge in [0.2, 0.25) is 0 Å². The maximum atomic E-state index is 12.4. The van der Waals surface area contributed by atoms with Crippen molar-refractivity contribution in [2.75, 3.05) is 18.1 Å². The molecule has 2 fully saturated rings. The average Bonchev–Trinajstić information content (AvgIpc) is 3.14. The summed E-state index contributed by atoms with van der Waals surface area (Å²) in [5.74, 6) is 0.331. The molecule has 2 heterocycles. The van der Waals surface area contributed by atoms with Crippen molar-refractivity contribution in [2.24, 2.45) is 4.99 Å². The first-order chi connectivity index (χ1) is 13.9. The summed E-state index contributed by atoms with van der Waals surface area (Å²) in [7, 11) is -3.10. The highest BCUT2D eigenvalue weighted by molar-refractivity contribution is 8.15. The molecule has 0 radical (unpaired) electrons. The fourth-order valence-corrected chi connectivity index (χ4v) is 7.60. The van der Waals surface area contributed by atoms with E-state index >= 15 is 0 Å². The molecule has 2 aliphatic rings. The van der Waals surface area contributed by atoms with E-state index in [4.69, 9.17) is 16.3 Å². The molecule has 0 aromatic heterocycles. The van der Waals surface area contributed by atoms with Crippen LogP contribution in [0, 0.1) is 0 Å². The Morgan fingerprint density at radius 3 is 2.62 bits per heavy atom. The monoisotopic (exact) mass is 450 g/mol. The van der Waals surface area contributed by atoms with E-state index in [1.165, 1.54) is 11.8 Å². The molecule has 0 aliphatic carbocycles. The van der Waals surface area contributed by atoms with Crippen LogP contribution in [-0.4, -0.2) is 53.8 Å². The highest BCUT2D eigenvalue weighted by atomic mass is 35.5.